The Bertz CT molecular complexity index is 860. The number of hydrogen-bond donors (Lipinski definition) is 2. The molecule has 1 atom stereocenters. The van der Waals surface area contributed by atoms with E-state index < -0.39 is 6.16 Å². The summed E-state index contributed by atoms with van der Waals surface area (Å²) in [5.41, 5.74) is 1.82. The van der Waals surface area contributed by atoms with Crippen LogP contribution in [0.15, 0.2) is 30.9 Å². The Morgan fingerprint density at radius 3 is 3.18 bits per heavy atom. The minimum atomic E-state index is -1.22. The highest BCUT2D eigenvalue weighted by Crippen LogP contribution is 2.33. The lowest BCUT2D eigenvalue weighted by atomic mass is 10.1. The van der Waals surface area contributed by atoms with Gasteiger partial charge < -0.3 is 19.7 Å². The molecule has 1 aliphatic heterocycles. The highest BCUT2D eigenvalue weighted by molar-refractivity contribution is 6.10. The normalized spacial score (nSPS) is 18.2. The monoisotopic (exact) mass is 298 g/mol. The standard InChI is InChI=1S/C15H14N4O3/c20-15(21)22-10-2-4-19(8-10)12-7-16-5-9-6-18-14-11(13(9)12)1-3-17-14/h1,3,5-7,10H,2,4,8H2,(H,17,18)(H,20,21). The van der Waals surface area contributed by atoms with Crippen molar-refractivity contribution in [3.05, 3.63) is 30.9 Å². The summed E-state index contributed by atoms with van der Waals surface area (Å²) in [6, 6.07) is 2.00. The number of aromatic amines is 1. The molecular weight excluding hydrogens is 284 g/mol. The average Bonchev–Trinajstić information content (AvgIpc) is 3.14. The number of anilines is 1. The fourth-order valence-electron chi connectivity index (χ4n) is 3.09. The van der Waals surface area contributed by atoms with Gasteiger partial charge in [0.25, 0.3) is 0 Å². The number of carboxylic acid groups (broad SMARTS) is 1. The zero-order valence-electron chi connectivity index (χ0n) is 11.7. The van der Waals surface area contributed by atoms with E-state index in [4.69, 9.17) is 9.84 Å². The van der Waals surface area contributed by atoms with Gasteiger partial charge >= 0.3 is 6.16 Å². The van der Waals surface area contributed by atoms with Crippen LogP contribution in [0, 0.1) is 0 Å². The van der Waals surface area contributed by atoms with Crippen molar-refractivity contribution >= 4 is 33.6 Å². The average molecular weight is 298 g/mol. The first-order valence-electron chi connectivity index (χ1n) is 7.07. The van der Waals surface area contributed by atoms with Gasteiger partial charge in [-0.1, -0.05) is 0 Å². The second-order valence-corrected chi connectivity index (χ2v) is 5.36. The van der Waals surface area contributed by atoms with E-state index in [1.807, 2.05) is 18.5 Å². The summed E-state index contributed by atoms with van der Waals surface area (Å²) in [4.78, 5) is 24.6. The van der Waals surface area contributed by atoms with E-state index in [2.05, 4.69) is 19.9 Å². The number of pyridine rings is 2. The van der Waals surface area contributed by atoms with Crippen molar-refractivity contribution in [3.63, 3.8) is 0 Å². The lowest BCUT2D eigenvalue weighted by Crippen LogP contribution is -2.24. The van der Waals surface area contributed by atoms with Crippen molar-refractivity contribution in [2.75, 3.05) is 18.0 Å². The molecule has 0 spiro atoms. The maximum absolute atomic E-state index is 10.7. The van der Waals surface area contributed by atoms with Gasteiger partial charge in [-0.05, 0) is 6.07 Å². The topological polar surface area (TPSA) is 91.3 Å². The highest BCUT2D eigenvalue weighted by Gasteiger charge is 2.27. The molecule has 3 aromatic rings. The van der Waals surface area contributed by atoms with Crippen LogP contribution in [0.25, 0.3) is 21.8 Å². The molecule has 0 saturated carbocycles. The molecule has 0 aliphatic carbocycles. The van der Waals surface area contributed by atoms with Gasteiger partial charge in [0.2, 0.25) is 0 Å². The minimum Gasteiger partial charge on any atom is -0.450 e. The number of nitrogens with one attached hydrogen (secondary N) is 1. The molecule has 4 heterocycles. The summed E-state index contributed by atoms with van der Waals surface area (Å²) in [6.45, 7) is 1.29. The molecule has 0 amide bonds. The molecule has 7 nitrogen and oxygen atoms in total. The zero-order valence-corrected chi connectivity index (χ0v) is 11.7. The van der Waals surface area contributed by atoms with Gasteiger partial charge in [-0.15, -0.1) is 0 Å². The predicted molar refractivity (Wildman–Crippen MR) is 81.1 cm³/mol. The number of rotatable bonds is 2. The molecule has 0 aromatic carbocycles. The summed E-state index contributed by atoms with van der Waals surface area (Å²) < 4.78 is 4.88. The first kappa shape index (κ1) is 12.9. The van der Waals surface area contributed by atoms with Crippen LogP contribution in [0.5, 0.6) is 0 Å². The van der Waals surface area contributed by atoms with Gasteiger partial charge in [0.15, 0.2) is 0 Å². The third-order valence-electron chi connectivity index (χ3n) is 4.04. The van der Waals surface area contributed by atoms with Crippen molar-refractivity contribution in [1.82, 2.24) is 15.0 Å². The molecule has 7 heteroatoms. The number of fused-ring (bicyclic) bond motifs is 3. The van der Waals surface area contributed by atoms with E-state index in [-0.39, 0.29) is 6.10 Å². The first-order valence-corrected chi connectivity index (χ1v) is 7.07. The lowest BCUT2D eigenvalue weighted by molar-refractivity contribution is 0.0602. The van der Waals surface area contributed by atoms with Crippen molar-refractivity contribution in [1.29, 1.82) is 0 Å². The van der Waals surface area contributed by atoms with E-state index in [0.717, 1.165) is 34.0 Å². The van der Waals surface area contributed by atoms with Crippen molar-refractivity contribution in [3.8, 4) is 0 Å². The number of hydrogen-bond acceptors (Lipinski definition) is 5. The first-order chi connectivity index (χ1) is 10.7. The Morgan fingerprint density at radius 1 is 1.41 bits per heavy atom. The molecule has 1 fully saturated rings. The summed E-state index contributed by atoms with van der Waals surface area (Å²) >= 11 is 0. The van der Waals surface area contributed by atoms with Crippen molar-refractivity contribution in [2.45, 2.75) is 12.5 Å². The number of carbonyl (C=O) groups is 1. The van der Waals surface area contributed by atoms with Crippen LogP contribution in [0.3, 0.4) is 0 Å². The fourth-order valence-corrected chi connectivity index (χ4v) is 3.09. The van der Waals surface area contributed by atoms with Crippen LogP contribution in [0.2, 0.25) is 0 Å². The van der Waals surface area contributed by atoms with Gasteiger partial charge in [0, 0.05) is 47.7 Å². The van der Waals surface area contributed by atoms with Crippen LogP contribution < -0.4 is 4.90 Å². The Kier molecular flexibility index (Phi) is 2.85. The molecular formula is C15H14N4O3. The van der Waals surface area contributed by atoms with Gasteiger partial charge in [0.1, 0.15) is 11.8 Å². The van der Waals surface area contributed by atoms with Crippen LogP contribution in [-0.4, -0.2) is 45.4 Å². The quantitative estimate of drug-likeness (QED) is 0.706. The second-order valence-electron chi connectivity index (χ2n) is 5.36. The van der Waals surface area contributed by atoms with E-state index in [1.165, 1.54) is 0 Å². The van der Waals surface area contributed by atoms with Gasteiger partial charge in [0.05, 0.1) is 18.4 Å². The number of ether oxygens (including phenoxy) is 1. The Labute approximate surface area is 125 Å². The molecule has 22 heavy (non-hydrogen) atoms. The molecule has 3 aromatic heterocycles. The van der Waals surface area contributed by atoms with Crippen LogP contribution in [0.1, 0.15) is 6.42 Å². The minimum absolute atomic E-state index is 0.295. The molecule has 1 saturated heterocycles. The molecule has 0 bridgehead atoms. The SMILES string of the molecule is O=C(O)OC1CCN(c2cncc3cnc4[nH]ccc4c23)C1. The van der Waals surface area contributed by atoms with E-state index >= 15 is 0 Å². The van der Waals surface area contributed by atoms with E-state index in [1.54, 1.807) is 12.4 Å². The Morgan fingerprint density at radius 2 is 2.32 bits per heavy atom. The van der Waals surface area contributed by atoms with Crippen LogP contribution in [0.4, 0.5) is 10.5 Å². The lowest BCUT2D eigenvalue weighted by Gasteiger charge is -2.20. The smallest absolute Gasteiger partial charge is 0.450 e. The predicted octanol–water partition coefficient (Wildman–Crippen LogP) is 2.38. The second kappa shape index (κ2) is 4.87. The molecule has 2 N–H and O–H groups in total. The molecule has 0 radical (unpaired) electrons. The van der Waals surface area contributed by atoms with Gasteiger partial charge in [-0.3, -0.25) is 4.98 Å². The molecule has 1 unspecified atom stereocenters. The van der Waals surface area contributed by atoms with Crippen LogP contribution >= 0.6 is 0 Å². The Balaban J connectivity index is 1.79. The van der Waals surface area contributed by atoms with Crippen LogP contribution in [-0.2, 0) is 4.74 Å². The third-order valence-corrected chi connectivity index (χ3v) is 4.04. The molecule has 112 valence electrons. The summed E-state index contributed by atoms with van der Waals surface area (Å²) in [6.07, 6.45) is 6.44. The summed E-state index contributed by atoms with van der Waals surface area (Å²) in [5.74, 6) is 0. The molecule has 1 aliphatic rings. The van der Waals surface area contributed by atoms with E-state index in [9.17, 15) is 4.79 Å². The van der Waals surface area contributed by atoms with Crippen molar-refractivity contribution < 1.29 is 14.6 Å². The summed E-state index contributed by atoms with van der Waals surface area (Å²) in [7, 11) is 0. The Hall–Kier alpha value is -2.83. The van der Waals surface area contributed by atoms with Crippen molar-refractivity contribution in [2.24, 2.45) is 0 Å². The number of nitrogens with zero attached hydrogens (tertiary/aromatic N) is 3. The van der Waals surface area contributed by atoms with Gasteiger partial charge in [-0.25, -0.2) is 9.78 Å². The van der Waals surface area contributed by atoms with E-state index in [0.29, 0.717) is 13.0 Å². The summed E-state index contributed by atoms with van der Waals surface area (Å²) in [5, 5.41) is 11.8. The maximum atomic E-state index is 10.7. The maximum Gasteiger partial charge on any atom is 0.506 e. The van der Waals surface area contributed by atoms with Gasteiger partial charge in [-0.2, -0.15) is 0 Å². The zero-order chi connectivity index (χ0) is 15.1. The molecule has 4 rings (SSSR count). The largest absolute Gasteiger partial charge is 0.506 e. The number of H-pyrrole nitrogens is 1. The number of aromatic nitrogens is 3. The fraction of sp³-hybridized carbons (Fsp3) is 0.267. The third kappa shape index (κ3) is 2.02. The highest BCUT2D eigenvalue weighted by atomic mass is 16.7.